The molecule has 0 aromatic carbocycles. The van der Waals surface area contributed by atoms with E-state index in [1.54, 1.807) is 37.1 Å². The van der Waals surface area contributed by atoms with Gasteiger partial charge in [-0.15, -0.1) is 0 Å². The minimum Gasteiger partial charge on any atom is -0.450 e. The maximum absolute atomic E-state index is 11.6. The van der Waals surface area contributed by atoms with Crippen LogP contribution in [0.2, 0.25) is 0 Å². The lowest BCUT2D eigenvalue weighted by Crippen LogP contribution is -2.27. The molecule has 0 saturated heterocycles. The maximum Gasteiger partial charge on any atom is 0.246 e. The molecule has 0 spiro atoms. The van der Waals surface area contributed by atoms with Gasteiger partial charge in [0.2, 0.25) is 5.91 Å². The van der Waals surface area contributed by atoms with Gasteiger partial charge in [0.05, 0.1) is 6.10 Å². The molecule has 1 unspecified atom stereocenters. The number of aliphatic hydroxyl groups is 1. The number of carbonyl (C=O) groups excluding carboxylic acids is 1. The summed E-state index contributed by atoms with van der Waals surface area (Å²) in [7, 11) is 1.70. The smallest absolute Gasteiger partial charge is 0.246 e. The van der Waals surface area contributed by atoms with Crippen LogP contribution in [0.1, 0.15) is 19.1 Å². The number of nitrogens with zero attached hydrogens (tertiary/aromatic N) is 1. The van der Waals surface area contributed by atoms with E-state index < -0.39 is 6.10 Å². The van der Waals surface area contributed by atoms with E-state index in [-0.39, 0.29) is 5.91 Å². The predicted octanol–water partition coefficient (Wildman–Crippen LogP) is 2.28. The standard InChI is InChI=1S/C12H16BrNO3/c1-9(15)7-8-14(2)12(16)6-4-10-3-5-11(13)17-10/h3-6,9,15H,7-8H2,1-2H3/b6-4+. The molecule has 1 aromatic heterocycles. The third kappa shape index (κ3) is 5.19. The van der Waals surface area contributed by atoms with E-state index >= 15 is 0 Å². The van der Waals surface area contributed by atoms with Crippen molar-refractivity contribution in [3.05, 3.63) is 28.6 Å². The molecule has 1 atom stereocenters. The summed E-state index contributed by atoms with van der Waals surface area (Å²) in [4.78, 5) is 13.2. The molecule has 0 fully saturated rings. The van der Waals surface area contributed by atoms with Gasteiger partial charge in [-0.05, 0) is 47.5 Å². The Morgan fingerprint density at radius 2 is 2.35 bits per heavy atom. The Morgan fingerprint density at radius 3 is 2.88 bits per heavy atom. The molecule has 1 N–H and O–H groups in total. The highest BCUT2D eigenvalue weighted by atomic mass is 79.9. The van der Waals surface area contributed by atoms with E-state index in [9.17, 15) is 4.79 Å². The fraction of sp³-hybridized carbons (Fsp3) is 0.417. The molecule has 0 bridgehead atoms. The van der Waals surface area contributed by atoms with Gasteiger partial charge in [-0.2, -0.15) is 0 Å². The van der Waals surface area contributed by atoms with Crippen LogP contribution >= 0.6 is 15.9 Å². The average Bonchev–Trinajstić information content (AvgIpc) is 2.68. The van der Waals surface area contributed by atoms with Crippen LogP contribution in [-0.4, -0.2) is 35.6 Å². The van der Waals surface area contributed by atoms with Crippen LogP contribution in [0, 0.1) is 0 Å². The topological polar surface area (TPSA) is 53.7 Å². The lowest BCUT2D eigenvalue weighted by molar-refractivity contribution is -0.124. The molecular formula is C12H16BrNO3. The maximum atomic E-state index is 11.6. The summed E-state index contributed by atoms with van der Waals surface area (Å²) in [6.07, 6.45) is 3.25. The molecule has 0 aliphatic rings. The Kier molecular flexibility index (Phi) is 5.44. The van der Waals surface area contributed by atoms with E-state index in [2.05, 4.69) is 15.9 Å². The highest BCUT2D eigenvalue weighted by molar-refractivity contribution is 9.10. The second kappa shape index (κ2) is 6.61. The number of carbonyl (C=O) groups is 1. The number of hydrogen-bond acceptors (Lipinski definition) is 3. The molecule has 5 heteroatoms. The zero-order valence-corrected chi connectivity index (χ0v) is 11.5. The van der Waals surface area contributed by atoms with Crippen molar-refractivity contribution in [2.24, 2.45) is 0 Å². The monoisotopic (exact) mass is 301 g/mol. The summed E-state index contributed by atoms with van der Waals surface area (Å²) in [6, 6.07) is 3.53. The first-order valence-electron chi connectivity index (χ1n) is 5.35. The predicted molar refractivity (Wildman–Crippen MR) is 69.4 cm³/mol. The van der Waals surface area contributed by atoms with Crippen LogP contribution in [-0.2, 0) is 4.79 Å². The Labute approximate surface area is 109 Å². The van der Waals surface area contributed by atoms with E-state index in [1.165, 1.54) is 6.08 Å². The van der Waals surface area contributed by atoms with Crippen LogP contribution in [0.25, 0.3) is 6.08 Å². The second-order valence-electron chi connectivity index (χ2n) is 3.87. The first kappa shape index (κ1) is 14.0. The molecule has 94 valence electrons. The first-order chi connectivity index (χ1) is 7.99. The summed E-state index contributed by atoms with van der Waals surface area (Å²) in [5, 5.41) is 9.12. The largest absolute Gasteiger partial charge is 0.450 e. The Hall–Kier alpha value is -1.07. The van der Waals surface area contributed by atoms with E-state index in [1.807, 2.05) is 0 Å². The molecule has 0 radical (unpaired) electrons. The van der Waals surface area contributed by atoms with Gasteiger partial charge in [0.1, 0.15) is 5.76 Å². The van der Waals surface area contributed by atoms with Crippen molar-refractivity contribution in [2.75, 3.05) is 13.6 Å². The van der Waals surface area contributed by atoms with Crippen molar-refractivity contribution < 1.29 is 14.3 Å². The average molecular weight is 302 g/mol. The molecule has 17 heavy (non-hydrogen) atoms. The first-order valence-corrected chi connectivity index (χ1v) is 6.15. The summed E-state index contributed by atoms with van der Waals surface area (Å²) >= 11 is 3.19. The Bertz CT molecular complexity index is 398. The zero-order chi connectivity index (χ0) is 12.8. The summed E-state index contributed by atoms with van der Waals surface area (Å²) in [5.74, 6) is 0.507. The van der Waals surface area contributed by atoms with Crippen LogP contribution in [0.5, 0.6) is 0 Å². The van der Waals surface area contributed by atoms with E-state index in [4.69, 9.17) is 9.52 Å². The molecule has 1 heterocycles. The molecular weight excluding hydrogens is 286 g/mol. The summed E-state index contributed by atoms with van der Waals surface area (Å²) in [6.45, 7) is 2.23. The molecule has 0 aliphatic carbocycles. The molecule has 0 aliphatic heterocycles. The molecule has 1 aromatic rings. The highest BCUT2D eigenvalue weighted by Crippen LogP contribution is 2.15. The SMILES string of the molecule is CC(O)CCN(C)C(=O)/C=C/c1ccc(Br)o1. The van der Waals surface area contributed by atoms with Gasteiger partial charge >= 0.3 is 0 Å². The van der Waals surface area contributed by atoms with E-state index in [0.717, 1.165) is 0 Å². The third-order valence-electron chi connectivity index (χ3n) is 2.24. The van der Waals surface area contributed by atoms with Gasteiger partial charge in [-0.3, -0.25) is 4.79 Å². The van der Waals surface area contributed by atoms with Gasteiger partial charge in [-0.25, -0.2) is 0 Å². The fourth-order valence-corrected chi connectivity index (χ4v) is 1.51. The van der Waals surface area contributed by atoms with Gasteiger partial charge in [0.25, 0.3) is 0 Å². The van der Waals surface area contributed by atoms with Crippen LogP contribution in [0.15, 0.2) is 27.3 Å². The number of amides is 1. The number of rotatable bonds is 5. The van der Waals surface area contributed by atoms with E-state index in [0.29, 0.717) is 23.4 Å². The van der Waals surface area contributed by atoms with Crippen molar-refractivity contribution in [1.82, 2.24) is 4.90 Å². The van der Waals surface area contributed by atoms with Crippen LogP contribution in [0.4, 0.5) is 0 Å². The minimum absolute atomic E-state index is 0.113. The lowest BCUT2D eigenvalue weighted by atomic mass is 10.2. The summed E-state index contributed by atoms with van der Waals surface area (Å²) < 4.78 is 5.86. The molecule has 1 amide bonds. The van der Waals surface area contributed by atoms with Crippen molar-refractivity contribution in [3.8, 4) is 0 Å². The molecule has 0 saturated carbocycles. The molecule has 1 rings (SSSR count). The van der Waals surface area contributed by atoms with Gasteiger partial charge < -0.3 is 14.4 Å². The summed E-state index contributed by atoms with van der Waals surface area (Å²) in [5.41, 5.74) is 0. The van der Waals surface area contributed by atoms with Gasteiger partial charge in [0, 0.05) is 19.7 Å². The Balaban J connectivity index is 2.45. The minimum atomic E-state index is -0.393. The van der Waals surface area contributed by atoms with Crippen molar-refractivity contribution in [1.29, 1.82) is 0 Å². The molecule has 4 nitrogen and oxygen atoms in total. The number of likely N-dealkylation sites (N-methyl/N-ethyl adjacent to an activating group) is 1. The van der Waals surface area contributed by atoms with Crippen molar-refractivity contribution in [3.63, 3.8) is 0 Å². The lowest BCUT2D eigenvalue weighted by Gasteiger charge is -2.15. The number of halogens is 1. The number of aliphatic hydroxyl groups excluding tert-OH is 1. The number of hydrogen-bond donors (Lipinski definition) is 1. The quantitative estimate of drug-likeness (QED) is 0.849. The number of furan rings is 1. The van der Waals surface area contributed by atoms with Crippen LogP contribution < -0.4 is 0 Å². The van der Waals surface area contributed by atoms with Crippen LogP contribution in [0.3, 0.4) is 0 Å². The highest BCUT2D eigenvalue weighted by Gasteiger charge is 2.06. The van der Waals surface area contributed by atoms with Gasteiger partial charge in [-0.1, -0.05) is 0 Å². The van der Waals surface area contributed by atoms with Crippen molar-refractivity contribution in [2.45, 2.75) is 19.4 Å². The zero-order valence-electron chi connectivity index (χ0n) is 9.89. The normalized spacial score (nSPS) is 12.9. The fourth-order valence-electron chi connectivity index (χ4n) is 1.19. The van der Waals surface area contributed by atoms with Crippen molar-refractivity contribution >= 4 is 27.9 Å². The Morgan fingerprint density at radius 1 is 1.65 bits per heavy atom. The second-order valence-corrected chi connectivity index (χ2v) is 4.65. The third-order valence-corrected chi connectivity index (χ3v) is 2.67. The van der Waals surface area contributed by atoms with Gasteiger partial charge in [0.15, 0.2) is 4.67 Å².